The van der Waals surface area contributed by atoms with Gasteiger partial charge in [-0.3, -0.25) is 4.79 Å². The predicted molar refractivity (Wildman–Crippen MR) is 114 cm³/mol. The maximum Gasteiger partial charge on any atom is 0.227 e. The molecule has 0 atom stereocenters. The number of nitrogens with zero attached hydrogens (tertiary/aromatic N) is 4. The van der Waals surface area contributed by atoms with Crippen molar-refractivity contribution in [3.05, 3.63) is 41.5 Å². The molecular formula is C18H25IN6O2. The molecule has 0 unspecified atom stereocenters. The number of benzene rings is 1. The Kier molecular flexibility index (Phi) is 8.01. The maximum atomic E-state index is 11.8. The second-order valence-corrected chi connectivity index (χ2v) is 6.09. The van der Waals surface area contributed by atoms with E-state index < -0.39 is 0 Å². The Hall–Kier alpha value is -2.17. The molecule has 146 valence electrons. The zero-order valence-corrected chi connectivity index (χ0v) is 17.9. The molecule has 1 saturated heterocycles. The van der Waals surface area contributed by atoms with Crippen LogP contribution < -0.4 is 15.5 Å². The van der Waals surface area contributed by atoms with Crippen LogP contribution in [0.4, 0.5) is 5.69 Å². The minimum Gasteiger partial charge on any atom is -0.357 e. The van der Waals surface area contributed by atoms with Gasteiger partial charge in [-0.2, -0.15) is 4.98 Å². The van der Waals surface area contributed by atoms with Gasteiger partial charge in [-0.05, 0) is 31.0 Å². The smallest absolute Gasteiger partial charge is 0.227 e. The van der Waals surface area contributed by atoms with Gasteiger partial charge in [0.1, 0.15) is 0 Å². The zero-order chi connectivity index (χ0) is 18.4. The number of amides is 1. The molecule has 1 aromatic carbocycles. The molecule has 0 bridgehead atoms. The highest BCUT2D eigenvalue weighted by atomic mass is 127. The Morgan fingerprint density at radius 1 is 1.30 bits per heavy atom. The quantitative estimate of drug-likeness (QED) is 0.372. The largest absolute Gasteiger partial charge is 0.357 e. The lowest BCUT2D eigenvalue weighted by Gasteiger charge is -2.15. The van der Waals surface area contributed by atoms with Crippen molar-refractivity contribution in [3.63, 3.8) is 0 Å². The second-order valence-electron chi connectivity index (χ2n) is 6.09. The van der Waals surface area contributed by atoms with Gasteiger partial charge in [-0.15, -0.1) is 24.0 Å². The van der Waals surface area contributed by atoms with Crippen LogP contribution in [0.15, 0.2) is 33.8 Å². The molecule has 0 aliphatic carbocycles. The summed E-state index contributed by atoms with van der Waals surface area (Å²) in [7, 11) is 0. The molecule has 9 heteroatoms. The summed E-state index contributed by atoms with van der Waals surface area (Å²) in [6.07, 6.45) is 1.58. The van der Waals surface area contributed by atoms with Crippen molar-refractivity contribution in [3.8, 4) is 0 Å². The van der Waals surface area contributed by atoms with Gasteiger partial charge in [-0.25, -0.2) is 4.99 Å². The van der Waals surface area contributed by atoms with Crippen LogP contribution in [0.1, 0.15) is 37.0 Å². The summed E-state index contributed by atoms with van der Waals surface area (Å²) < 4.78 is 4.96. The van der Waals surface area contributed by atoms with E-state index in [1.54, 1.807) is 6.92 Å². The number of carbonyl (C=O) groups is 1. The standard InChI is InChI=1S/C18H24N6O2.HI/c1-3-19-18(21-12-16-22-13(2)26-23-16)20-11-14-6-8-15(9-7-14)24-10-4-5-17(24)25;/h6-9H,3-5,10-12H2,1-2H3,(H2,19,20,21);1H. The minimum atomic E-state index is 0. The number of halogens is 1. The van der Waals surface area contributed by atoms with E-state index >= 15 is 0 Å². The number of hydrogen-bond acceptors (Lipinski definition) is 5. The molecular weight excluding hydrogens is 459 g/mol. The van der Waals surface area contributed by atoms with Crippen LogP contribution in [0, 0.1) is 6.92 Å². The fraction of sp³-hybridized carbons (Fsp3) is 0.444. The third-order valence-corrected chi connectivity index (χ3v) is 4.07. The highest BCUT2D eigenvalue weighted by Crippen LogP contribution is 2.21. The fourth-order valence-electron chi connectivity index (χ4n) is 2.79. The summed E-state index contributed by atoms with van der Waals surface area (Å²) in [5.74, 6) is 2.02. The molecule has 2 N–H and O–H groups in total. The van der Waals surface area contributed by atoms with E-state index in [1.165, 1.54) is 0 Å². The van der Waals surface area contributed by atoms with Gasteiger partial charge in [0.25, 0.3) is 0 Å². The topological polar surface area (TPSA) is 95.7 Å². The number of rotatable bonds is 6. The van der Waals surface area contributed by atoms with E-state index in [9.17, 15) is 4.79 Å². The molecule has 1 fully saturated rings. The van der Waals surface area contributed by atoms with E-state index in [0.29, 0.717) is 37.2 Å². The SMILES string of the molecule is CCNC(=NCc1ccc(N2CCCC2=O)cc1)NCc1noc(C)n1.I. The van der Waals surface area contributed by atoms with Gasteiger partial charge in [0.05, 0.1) is 13.1 Å². The molecule has 3 rings (SSSR count). The zero-order valence-electron chi connectivity index (χ0n) is 15.6. The molecule has 0 saturated carbocycles. The summed E-state index contributed by atoms with van der Waals surface area (Å²) in [6, 6.07) is 7.99. The summed E-state index contributed by atoms with van der Waals surface area (Å²) >= 11 is 0. The number of aryl methyl sites for hydroxylation is 1. The average molecular weight is 484 g/mol. The summed E-state index contributed by atoms with van der Waals surface area (Å²) in [4.78, 5) is 22.4. The molecule has 27 heavy (non-hydrogen) atoms. The van der Waals surface area contributed by atoms with Crippen molar-refractivity contribution >= 4 is 41.5 Å². The average Bonchev–Trinajstić information content (AvgIpc) is 3.26. The van der Waals surface area contributed by atoms with Crippen LogP contribution >= 0.6 is 24.0 Å². The third kappa shape index (κ3) is 5.91. The van der Waals surface area contributed by atoms with Gasteiger partial charge >= 0.3 is 0 Å². The summed E-state index contributed by atoms with van der Waals surface area (Å²) in [5, 5.41) is 10.2. The number of aromatic nitrogens is 2. The van der Waals surface area contributed by atoms with Crippen molar-refractivity contribution < 1.29 is 9.32 Å². The highest BCUT2D eigenvalue weighted by Gasteiger charge is 2.21. The van der Waals surface area contributed by atoms with E-state index in [4.69, 9.17) is 4.52 Å². The number of guanidine groups is 1. The lowest BCUT2D eigenvalue weighted by molar-refractivity contribution is -0.117. The van der Waals surface area contributed by atoms with Gasteiger partial charge in [0.15, 0.2) is 11.8 Å². The lowest BCUT2D eigenvalue weighted by atomic mass is 10.2. The Morgan fingerprint density at radius 3 is 2.67 bits per heavy atom. The Bertz CT molecular complexity index is 774. The van der Waals surface area contributed by atoms with Crippen LogP contribution in [-0.2, 0) is 17.9 Å². The molecule has 2 aromatic rings. The highest BCUT2D eigenvalue weighted by molar-refractivity contribution is 14.0. The third-order valence-electron chi connectivity index (χ3n) is 4.07. The number of nitrogens with one attached hydrogen (secondary N) is 2. The van der Waals surface area contributed by atoms with Crippen molar-refractivity contribution in [2.75, 3.05) is 18.0 Å². The van der Waals surface area contributed by atoms with Gasteiger partial charge in [0, 0.05) is 32.1 Å². The molecule has 2 heterocycles. The van der Waals surface area contributed by atoms with Crippen molar-refractivity contribution in [1.29, 1.82) is 0 Å². The number of hydrogen-bond donors (Lipinski definition) is 2. The number of carbonyl (C=O) groups excluding carboxylic acids is 1. The van der Waals surface area contributed by atoms with E-state index in [-0.39, 0.29) is 29.9 Å². The first-order chi connectivity index (χ1) is 12.7. The molecule has 1 aliphatic rings. The van der Waals surface area contributed by atoms with E-state index in [2.05, 4.69) is 25.8 Å². The van der Waals surface area contributed by atoms with Crippen LogP contribution in [0.3, 0.4) is 0 Å². The first kappa shape index (κ1) is 21.1. The van der Waals surface area contributed by atoms with Gasteiger partial charge in [-0.1, -0.05) is 17.3 Å². The minimum absolute atomic E-state index is 0. The van der Waals surface area contributed by atoms with Crippen LogP contribution in [0.2, 0.25) is 0 Å². The first-order valence-electron chi connectivity index (χ1n) is 8.86. The monoisotopic (exact) mass is 484 g/mol. The normalized spacial score (nSPS) is 14.2. The van der Waals surface area contributed by atoms with Crippen LogP contribution in [0.5, 0.6) is 0 Å². The molecule has 1 aliphatic heterocycles. The van der Waals surface area contributed by atoms with Crippen molar-refractivity contribution in [2.24, 2.45) is 4.99 Å². The Labute approximate surface area is 175 Å². The maximum absolute atomic E-state index is 11.8. The molecule has 0 spiro atoms. The number of aliphatic imine (C=N–C) groups is 1. The van der Waals surface area contributed by atoms with Crippen LogP contribution in [-0.4, -0.2) is 35.1 Å². The summed E-state index contributed by atoms with van der Waals surface area (Å²) in [5.41, 5.74) is 2.03. The Balaban J connectivity index is 0.00000261. The molecule has 1 aromatic heterocycles. The first-order valence-corrected chi connectivity index (χ1v) is 8.86. The molecule has 1 amide bonds. The lowest BCUT2D eigenvalue weighted by Crippen LogP contribution is -2.37. The summed E-state index contributed by atoms with van der Waals surface area (Å²) in [6.45, 7) is 6.31. The van der Waals surface area contributed by atoms with Crippen molar-refractivity contribution in [1.82, 2.24) is 20.8 Å². The van der Waals surface area contributed by atoms with E-state index in [0.717, 1.165) is 30.8 Å². The second kappa shape index (κ2) is 10.2. The fourth-order valence-corrected chi connectivity index (χ4v) is 2.79. The molecule has 0 radical (unpaired) electrons. The Morgan fingerprint density at radius 2 is 2.07 bits per heavy atom. The van der Waals surface area contributed by atoms with Crippen LogP contribution in [0.25, 0.3) is 0 Å². The predicted octanol–water partition coefficient (Wildman–Crippen LogP) is 2.38. The number of anilines is 1. The van der Waals surface area contributed by atoms with E-state index in [1.807, 2.05) is 36.1 Å². The van der Waals surface area contributed by atoms with Crippen molar-refractivity contribution in [2.45, 2.75) is 39.8 Å². The van der Waals surface area contributed by atoms with Gasteiger partial charge < -0.3 is 20.1 Å². The molecule has 8 nitrogen and oxygen atoms in total. The van der Waals surface area contributed by atoms with Gasteiger partial charge in [0.2, 0.25) is 11.8 Å².